The molecule has 1 aliphatic carbocycles. The Morgan fingerprint density at radius 3 is 2.44 bits per heavy atom. The topological polar surface area (TPSA) is 107 Å². The number of carbonyl (C=O) groups excluding carboxylic acids is 1. The fraction of sp³-hybridized carbons (Fsp3) is 0.286. The number of carboxylic acid groups (broad SMARTS) is 1. The van der Waals surface area contributed by atoms with Gasteiger partial charge in [-0.1, -0.05) is 18.2 Å². The number of nitrogens with zero attached hydrogens (tertiary/aromatic N) is 1. The highest BCUT2D eigenvalue weighted by Crippen LogP contribution is 2.30. The standard InChI is InChI=1S/C21H23N3O3/c1-24(21(27)16-6-4-15(5-7-16)20(22)23)18-9-8-14-3-2-13(11-19(25)26)10-17(14)12-18/h4-9,12-13H,2-3,10-11H2,1H3,(H3,22,23)(H,25,26). The molecular weight excluding hydrogens is 342 g/mol. The zero-order valence-electron chi connectivity index (χ0n) is 15.2. The van der Waals surface area contributed by atoms with Crippen LogP contribution in [0.3, 0.4) is 0 Å². The third-order valence-corrected chi connectivity index (χ3v) is 5.12. The lowest BCUT2D eigenvalue weighted by atomic mass is 9.82. The van der Waals surface area contributed by atoms with Crippen LogP contribution in [-0.4, -0.2) is 29.9 Å². The highest BCUT2D eigenvalue weighted by atomic mass is 16.4. The van der Waals surface area contributed by atoms with Gasteiger partial charge >= 0.3 is 5.97 Å². The number of nitrogens with two attached hydrogens (primary N) is 1. The zero-order chi connectivity index (χ0) is 19.6. The van der Waals surface area contributed by atoms with E-state index >= 15 is 0 Å². The molecule has 0 spiro atoms. The molecule has 0 bridgehead atoms. The molecule has 0 saturated carbocycles. The van der Waals surface area contributed by atoms with Crippen LogP contribution in [0.1, 0.15) is 39.9 Å². The molecule has 0 aliphatic heterocycles. The van der Waals surface area contributed by atoms with Crippen LogP contribution >= 0.6 is 0 Å². The molecule has 1 amide bonds. The lowest BCUT2D eigenvalue weighted by Gasteiger charge is -2.26. The third-order valence-electron chi connectivity index (χ3n) is 5.12. The maximum Gasteiger partial charge on any atom is 0.303 e. The normalized spacial score (nSPS) is 15.7. The number of hydrogen-bond acceptors (Lipinski definition) is 3. The lowest BCUT2D eigenvalue weighted by Crippen LogP contribution is -2.27. The van der Waals surface area contributed by atoms with Crippen molar-refractivity contribution < 1.29 is 14.7 Å². The van der Waals surface area contributed by atoms with Crippen molar-refractivity contribution in [3.05, 3.63) is 64.7 Å². The molecule has 27 heavy (non-hydrogen) atoms. The van der Waals surface area contributed by atoms with E-state index in [-0.39, 0.29) is 24.1 Å². The molecule has 0 heterocycles. The number of rotatable bonds is 5. The minimum Gasteiger partial charge on any atom is -0.481 e. The molecule has 1 aliphatic rings. The van der Waals surface area contributed by atoms with Gasteiger partial charge in [0.25, 0.3) is 5.91 Å². The molecule has 6 nitrogen and oxygen atoms in total. The Bertz CT molecular complexity index is 890. The average Bonchev–Trinajstić information content (AvgIpc) is 2.65. The Balaban J connectivity index is 1.78. The number of aryl methyl sites for hydroxylation is 1. The van der Waals surface area contributed by atoms with Gasteiger partial charge in [0.1, 0.15) is 5.84 Å². The highest BCUT2D eigenvalue weighted by molar-refractivity contribution is 6.06. The van der Waals surface area contributed by atoms with Crippen LogP contribution in [0.4, 0.5) is 5.69 Å². The molecule has 2 aromatic carbocycles. The highest BCUT2D eigenvalue weighted by Gasteiger charge is 2.22. The van der Waals surface area contributed by atoms with Crippen molar-refractivity contribution in [1.29, 1.82) is 5.41 Å². The van der Waals surface area contributed by atoms with Crippen LogP contribution < -0.4 is 10.6 Å². The number of hydrogen-bond donors (Lipinski definition) is 3. The summed E-state index contributed by atoms with van der Waals surface area (Å²) in [6.07, 6.45) is 2.67. The second kappa shape index (κ2) is 7.61. The van der Waals surface area contributed by atoms with E-state index in [2.05, 4.69) is 0 Å². The number of fused-ring (bicyclic) bond motifs is 1. The molecular formula is C21H23N3O3. The lowest BCUT2D eigenvalue weighted by molar-refractivity contribution is -0.138. The van der Waals surface area contributed by atoms with Gasteiger partial charge in [-0.25, -0.2) is 0 Å². The Kier molecular flexibility index (Phi) is 5.26. The first kappa shape index (κ1) is 18.6. The van der Waals surface area contributed by atoms with Crippen LogP contribution in [0.15, 0.2) is 42.5 Å². The fourth-order valence-electron chi connectivity index (χ4n) is 3.55. The van der Waals surface area contributed by atoms with Crippen LogP contribution in [0.5, 0.6) is 0 Å². The number of carbonyl (C=O) groups is 2. The minimum absolute atomic E-state index is 0.0343. The number of nitrogen functional groups attached to an aromatic ring is 1. The van der Waals surface area contributed by atoms with E-state index in [9.17, 15) is 9.59 Å². The van der Waals surface area contributed by atoms with Gasteiger partial charge in [-0.15, -0.1) is 0 Å². The van der Waals surface area contributed by atoms with Crippen molar-refractivity contribution in [1.82, 2.24) is 0 Å². The molecule has 0 saturated heterocycles. The Morgan fingerprint density at radius 2 is 1.81 bits per heavy atom. The molecule has 0 fully saturated rings. The summed E-state index contributed by atoms with van der Waals surface area (Å²) in [4.78, 5) is 25.3. The van der Waals surface area contributed by atoms with Crippen molar-refractivity contribution in [3.63, 3.8) is 0 Å². The molecule has 4 N–H and O–H groups in total. The predicted molar refractivity (Wildman–Crippen MR) is 104 cm³/mol. The Morgan fingerprint density at radius 1 is 1.15 bits per heavy atom. The molecule has 6 heteroatoms. The summed E-state index contributed by atoms with van der Waals surface area (Å²) in [5, 5.41) is 16.5. The summed E-state index contributed by atoms with van der Waals surface area (Å²) in [7, 11) is 1.72. The third kappa shape index (κ3) is 4.16. The number of nitrogens with one attached hydrogen (secondary N) is 1. The quantitative estimate of drug-likeness (QED) is 0.559. The second-order valence-electron chi connectivity index (χ2n) is 7.01. The van der Waals surface area contributed by atoms with Gasteiger partial charge in [0.2, 0.25) is 0 Å². The van der Waals surface area contributed by atoms with Gasteiger partial charge < -0.3 is 15.7 Å². The van der Waals surface area contributed by atoms with Gasteiger partial charge in [-0.2, -0.15) is 0 Å². The van der Waals surface area contributed by atoms with Crippen molar-refractivity contribution in [2.75, 3.05) is 11.9 Å². The first-order chi connectivity index (χ1) is 12.8. The Labute approximate surface area is 158 Å². The summed E-state index contributed by atoms with van der Waals surface area (Å²) in [6.45, 7) is 0. The largest absolute Gasteiger partial charge is 0.481 e. The Hall–Kier alpha value is -3.15. The summed E-state index contributed by atoms with van der Waals surface area (Å²) in [5.74, 6) is -0.804. The van der Waals surface area contributed by atoms with E-state index in [0.717, 1.165) is 30.5 Å². The summed E-state index contributed by atoms with van der Waals surface area (Å²) < 4.78 is 0. The predicted octanol–water partition coefficient (Wildman–Crippen LogP) is 2.83. The van der Waals surface area contributed by atoms with Crippen molar-refractivity contribution in [2.45, 2.75) is 25.7 Å². The SMILES string of the molecule is CN(C(=O)c1ccc(C(=N)N)cc1)c1ccc2c(c1)CC(CC(=O)O)CC2. The maximum atomic E-state index is 12.8. The summed E-state index contributed by atoms with van der Waals surface area (Å²) in [5.41, 5.74) is 9.68. The molecule has 3 rings (SSSR count). The molecule has 2 aromatic rings. The summed E-state index contributed by atoms with van der Waals surface area (Å²) in [6, 6.07) is 12.6. The first-order valence-corrected chi connectivity index (χ1v) is 8.91. The zero-order valence-corrected chi connectivity index (χ0v) is 15.2. The van der Waals surface area contributed by atoms with Crippen LogP contribution in [0, 0.1) is 11.3 Å². The van der Waals surface area contributed by atoms with E-state index in [0.29, 0.717) is 11.1 Å². The van der Waals surface area contributed by atoms with Gasteiger partial charge in [0.15, 0.2) is 0 Å². The van der Waals surface area contributed by atoms with Gasteiger partial charge in [0.05, 0.1) is 0 Å². The molecule has 0 aromatic heterocycles. The van der Waals surface area contributed by atoms with Gasteiger partial charge in [-0.3, -0.25) is 15.0 Å². The second-order valence-corrected chi connectivity index (χ2v) is 7.01. The number of benzene rings is 2. The van der Waals surface area contributed by atoms with E-state index in [1.165, 1.54) is 5.56 Å². The molecule has 140 valence electrons. The number of carboxylic acids is 1. The smallest absolute Gasteiger partial charge is 0.303 e. The summed E-state index contributed by atoms with van der Waals surface area (Å²) >= 11 is 0. The maximum absolute atomic E-state index is 12.8. The van der Waals surface area contributed by atoms with Crippen LogP contribution in [0.25, 0.3) is 0 Å². The van der Waals surface area contributed by atoms with E-state index in [1.54, 1.807) is 36.2 Å². The van der Waals surface area contributed by atoms with E-state index in [4.69, 9.17) is 16.2 Å². The van der Waals surface area contributed by atoms with Crippen molar-refractivity contribution >= 4 is 23.4 Å². The molecule has 1 unspecified atom stereocenters. The fourth-order valence-corrected chi connectivity index (χ4v) is 3.55. The number of amidine groups is 1. The van der Waals surface area contributed by atoms with Crippen molar-refractivity contribution in [2.24, 2.45) is 11.7 Å². The van der Waals surface area contributed by atoms with E-state index < -0.39 is 5.97 Å². The molecule has 1 atom stereocenters. The number of anilines is 1. The van der Waals surface area contributed by atoms with Crippen LogP contribution in [-0.2, 0) is 17.6 Å². The average molecular weight is 365 g/mol. The van der Waals surface area contributed by atoms with E-state index in [1.807, 2.05) is 18.2 Å². The van der Waals surface area contributed by atoms with Gasteiger partial charge in [-0.05, 0) is 60.6 Å². The minimum atomic E-state index is -0.763. The molecule has 0 radical (unpaired) electrons. The number of aliphatic carboxylic acids is 1. The van der Waals surface area contributed by atoms with Gasteiger partial charge in [0, 0.05) is 30.3 Å². The monoisotopic (exact) mass is 365 g/mol. The van der Waals surface area contributed by atoms with Crippen molar-refractivity contribution in [3.8, 4) is 0 Å². The first-order valence-electron chi connectivity index (χ1n) is 8.91. The number of amides is 1. The van der Waals surface area contributed by atoms with Crippen LogP contribution in [0.2, 0.25) is 0 Å².